The van der Waals surface area contributed by atoms with Crippen LogP contribution in [0.2, 0.25) is 0 Å². The lowest BCUT2D eigenvalue weighted by Gasteiger charge is -2.20. The summed E-state index contributed by atoms with van der Waals surface area (Å²) in [6, 6.07) is 4.12. The van der Waals surface area contributed by atoms with Gasteiger partial charge in [0.1, 0.15) is 11.8 Å². The van der Waals surface area contributed by atoms with Crippen molar-refractivity contribution < 1.29 is 14.3 Å². The van der Waals surface area contributed by atoms with Gasteiger partial charge in [-0.1, -0.05) is 25.3 Å². The number of aromatic amines is 1. The first-order chi connectivity index (χ1) is 13.1. The van der Waals surface area contributed by atoms with Crippen molar-refractivity contribution in [1.29, 1.82) is 0 Å². The molecule has 2 heterocycles. The molecule has 0 radical (unpaired) electrons. The maximum Gasteiger partial charge on any atom is 0.355 e. The number of fused-ring (bicyclic) bond motifs is 1. The van der Waals surface area contributed by atoms with Crippen LogP contribution in [-0.2, 0) is 11.2 Å². The van der Waals surface area contributed by atoms with Gasteiger partial charge in [0.25, 0.3) is 0 Å². The number of hydrogen-bond donors (Lipinski definition) is 1. The Labute approximate surface area is 164 Å². The molecule has 2 aliphatic carbocycles. The molecule has 144 valence electrons. The number of rotatable bonds is 3. The van der Waals surface area contributed by atoms with Crippen molar-refractivity contribution in [3.05, 3.63) is 44.9 Å². The lowest BCUT2D eigenvalue weighted by atomic mass is 9.84. The van der Waals surface area contributed by atoms with Crippen LogP contribution in [0.25, 0.3) is 0 Å². The number of esters is 1. The Morgan fingerprint density at radius 3 is 2.59 bits per heavy atom. The fourth-order valence-corrected chi connectivity index (χ4v) is 5.34. The van der Waals surface area contributed by atoms with E-state index < -0.39 is 0 Å². The summed E-state index contributed by atoms with van der Waals surface area (Å²) in [4.78, 5) is 30.0. The van der Waals surface area contributed by atoms with Gasteiger partial charge in [-0.05, 0) is 56.0 Å². The molecule has 2 aliphatic rings. The van der Waals surface area contributed by atoms with Gasteiger partial charge in [0.05, 0.1) is 0 Å². The van der Waals surface area contributed by atoms with Crippen molar-refractivity contribution in [3.63, 3.8) is 0 Å². The third-order valence-corrected chi connectivity index (χ3v) is 7.00. The smallest absolute Gasteiger partial charge is 0.355 e. The fourth-order valence-electron chi connectivity index (χ4n) is 4.51. The molecule has 0 bridgehead atoms. The first-order valence-corrected chi connectivity index (χ1v) is 11.0. The number of hydrogen-bond acceptors (Lipinski definition) is 4. The van der Waals surface area contributed by atoms with Crippen LogP contribution in [0.3, 0.4) is 0 Å². The number of ketones is 1. The Kier molecular flexibility index (Phi) is 5.48. The van der Waals surface area contributed by atoms with Crippen LogP contribution in [0.1, 0.15) is 94.3 Å². The van der Waals surface area contributed by atoms with Gasteiger partial charge in [-0.3, -0.25) is 4.79 Å². The highest BCUT2D eigenvalue weighted by Crippen LogP contribution is 2.37. The number of nitrogens with one attached hydrogen (secondary N) is 1. The minimum atomic E-state index is -0.298. The zero-order valence-electron chi connectivity index (χ0n) is 15.9. The van der Waals surface area contributed by atoms with E-state index in [4.69, 9.17) is 4.74 Å². The number of Topliss-reactive ketones (excluding diaryl/α,β-unsaturated/α-hetero) is 1. The quantitative estimate of drug-likeness (QED) is 0.703. The van der Waals surface area contributed by atoms with E-state index in [1.165, 1.54) is 24.1 Å². The van der Waals surface area contributed by atoms with E-state index in [1.54, 1.807) is 11.3 Å². The largest absolute Gasteiger partial charge is 0.458 e. The summed E-state index contributed by atoms with van der Waals surface area (Å²) in [6.45, 7) is 1.87. The predicted molar refractivity (Wildman–Crippen MR) is 107 cm³/mol. The van der Waals surface area contributed by atoms with Gasteiger partial charge in [-0.15, -0.1) is 11.3 Å². The maximum absolute atomic E-state index is 12.8. The van der Waals surface area contributed by atoms with E-state index >= 15 is 0 Å². The molecule has 27 heavy (non-hydrogen) atoms. The highest BCUT2D eigenvalue weighted by Gasteiger charge is 2.33. The molecule has 0 saturated heterocycles. The van der Waals surface area contributed by atoms with Crippen LogP contribution in [0.4, 0.5) is 0 Å². The van der Waals surface area contributed by atoms with Crippen LogP contribution >= 0.6 is 11.3 Å². The van der Waals surface area contributed by atoms with Gasteiger partial charge < -0.3 is 9.72 Å². The van der Waals surface area contributed by atoms with Crippen molar-refractivity contribution in [2.45, 2.75) is 76.7 Å². The van der Waals surface area contributed by atoms with Gasteiger partial charge in [0.2, 0.25) is 0 Å². The Balaban J connectivity index is 1.52. The molecule has 4 nitrogen and oxygen atoms in total. The summed E-state index contributed by atoms with van der Waals surface area (Å²) >= 11 is 1.69. The van der Waals surface area contributed by atoms with E-state index in [0.717, 1.165) is 43.4 Å². The molecule has 0 aromatic carbocycles. The molecule has 5 heteroatoms. The minimum Gasteiger partial charge on any atom is -0.458 e. The third kappa shape index (κ3) is 3.88. The Bertz CT molecular complexity index is 813. The Morgan fingerprint density at radius 2 is 1.89 bits per heavy atom. The molecule has 1 fully saturated rings. The summed E-state index contributed by atoms with van der Waals surface area (Å²) in [5, 5.41) is 2.05. The zero-order chi connectivity index (χ0) is 18.8. The molecule has 4 rings (SSSR count). The zero-order valence-corrected chi connectivity index (χ0v) is 16.7. The fraction of sp³-hybridized carbons (Fsp3) is 0.545. The van der Waals surface area contributed by atoms with Crippen molar-refractivity contribution in [2.75, 3.05) is 0 Å². The Morgan fingerprint density at radius 1 is 1.15 bits per heavy atom. The van der Waals surface area contributed by atoms with Crippen LogP contribution in [0, 0.1) is 6.92 Å². The van der Waals surface area contributed by atoms with E-state index in [2.05, 4.69) is 11.1 Å². The molecule has 0 unspecified atom stereocenters. The average molecular weight is 386 g/mol. The normalized spacial score (nSPS) is 21.4. The monoisotopic (exact) mass is 385 g/mol. The number of carbonyl (C=O) groups is 2. The van der Waals surface area contributed by atoms with Gasteiger partial charge >= 0.3 is 5.97 Å². The van der Waals surface area contributed by atoms with Crippen LogP contribution in [0.5, 0.6) is 0 Å². The van der Waals surface area contributed by atoms with Crippen molar-refractivity contribution in [2.24, 2.45) is 0 Å². The summed E-state index contributed by atoms with van der Waals surface area (Å²) in [6.07, 6.45) is 9.18. The molecule has 0 spiro atoms. The second-order valence-corrected chi connectivity index (χ2v) is 8.87. The SMILES string of the molecule is Cc1c(C(=O)OC2CCCCCCC2)[nH]c2c1C(=O)C[C@@H](c1cccs1)C2. The van der Waals surface area contributed by atoms with Crippen molar-refractivity contribution >= 4 is 23.1 Å². The highest BCUT2D eigenvalue weighted by molar-refractivity contribution is 7.10. The lowest BCUT2D eigenvalue weighted by molar-refractivity contribution is 0.0232. The van der Waals surface area contributed by atoms with Crippen LogP contribution in [0.15, 0.2) is 17.5 Å². The third-order valence-electron chi connectivity index (χ3n) is 5.96. The number of thiophene rings is 1. The highest BCUT2D eigenvalue weighted by atomic mass is 32.1. The molecule has 2 aromatic rings. The van der Waals surface area contributed by atoms with Gasteiger partial charge in [-0.2, -0.15) is 0 Å². The number of carbonyl (C=O) groups excluding carboxylic acids is 2. The Hall–Kier alpha value is -1.88. The summed E-state index contributed by atoms with van der Waals surface area (Å²) in [5.74, 6) is 0.0406. The van der Waals surface area contributed by atoms with Gasteiger partial charge in [0.15, 0.2) is 5.78 Å². The predicted octanol–water partition coefficient (Wildman–Crippen LogP) is 5.57. The number of H-pyrrole nitrogens is 1. The van der Waals surface area contributed by atoms with E-state index in [-0.39, 0.29) is 23.8 Å². The summed E-state index contributed by atoms with van der Waals surface area (Å²) in [7, 11) is 0. The lowest BCUT2D eigenvalue weighted by Crippen LogP contribution is -2.20. The minimum absolute atomic E-state index is 0.00657. The molecule has 1 N–H and O–H groups in total. The molecule has 1 saturated carbocycles. The van der Waals surface area contributed by atoms with Crippen molar-refractivity contribution in [1.82, 2.24) is 4.98 Å². The second-order valence-electron chi connectivity index (χ2n) is 7.89. The number of aromatic nitrogens is 1. The molecule has 0 aliphatic heterocycles. The van der Waals surface area contributed by atoms with E-state index in [1.807, 2.05) is 18.4 Å². The first-order valence-electron chi connectivity index (χ1n) is 10.1. The standard InChI is InChI=1S/C22H27NO3S/c1-14-20-17(12-15(13-18(20)24)19-10-7-11-27-19)23-21(14)22(25)26-16-8-5-3-2-4-6-9-16/h7,10-11,15-16,23H,2-6,8-9,12-13H2,1H3/t15-/m0/s1. The topological polar surface area (TPSA) is 59.2 Å². The number of ether oxygens (including phenoxy) is 1. The molecule has 0 amide bonds. The van der Waals surface area contributed by atoms with Gasteiger partial charge in [-0.25, -0.2) is 4.79 Å². The maximum atomic E-state index is 12.8. The second kappa shape index (κ2) is 8.01. The summed E-state index contributed by atoms with van der Waals surface area (Å²) < 4.78 is 5.83. The molecular weight excluding hydrogens is 358 g/mol. The van der Waals surface area contributed by atoms with Gasteiger partial charge in [0, 0.05) is 28.5 Å². The molecule has 1 atom stereocenters. The van der Waals surface area contributed by atoms with E-state index in [0.29, 0.717) is 17.7 Å². The van der Waals surface area contributed by atoms with Crippen LogP contribution < -0.4 is 0 Å². The summed E-state index contributed by atoms with van der Waals surface area (Å²) in [5.41, 5.74) is 2.84. The average Bonchev–Trinajstić information content (AvgIpc) is 3.25. The molecule has 2 aromatic heterocycles. The first kappa shape index (κ1) is 18.5. The van der Waals surface area contributed by atoms with Crippen molar-refractivity contribution in [3.8, 4) is 0 Å². The van der Waals surface area contributed by atoms with Crippen LogP contribution in [-0.4, -0.2) is 22.8 Å². The molecular formula is C22H27NO3S. The van der Waals surface area contributed by atoms with E-state index in [9.17, 15) is 9.59 Å².